The Labute approximate surface area is 115 Å². The van der Waals surface area contributed by atoms with Crippen molar-refractivity contribution in [2.45, 2.75) is 39.5 Å². The van der Waals surface area contributed by atoms with Crippen molar-refractivity contribution in [3.63, 3.8) is 0 Å². The summed E-state index contributed by atoms with van der Waals surface area (Å²) in [4.78, 5) is 13.0. The highest BCUT2D eigenvalue weighted by Gasteiger charge is 2.20. The predicted octanol–water partition coefficient (Wildman–Crippen LogP) is 3.38. The molecule has 0 aliphatic carbocycles. The molecule has 3 nitrogen and oxygen atoms in total. The average Bonchev–Trinajstić information content (AvgIpc) is 2.40. The molecule has 0 bridgehead atoms. The standard InChI is InChI=1S/C16H23NO2/c1-12-3-4-13(2)15(11-12)17-9-7-14(8-10-17)5-6-16(18)19/h3-4,11,14H,5-10H2,1-2H3,(H,18,19). The average molecular weight is 261 g/mol. The number of carboxylic acids is 1. The number of benzene rings is 1. The Bertz CT molecular complexity index is 448. The molecule has 3 heteroatoms. The van der Waals surface area contributed by atoms with Crippen molar-refractivity contribution in [2.24, 2.45) is 5.92 Å². The Hall–Kier alpha value is -1.51. The van der Waals surface area contributed by atoms with Gasteiger partial charge in [-0.1, -0.05) is 12.1 Å². The summed E-state index contributed by atoms with van der Waals surface area (Å²) in [5.41, 5.74) is 3.97. The summed E-state index contributed by atoms with van der Waals surface area (Å²) in [7, 11) is 0. The quantitative estimate of drug-likeness (QED) is 0.903. The van der Waals surface area contributed by atoms with Gasteiger partial charge in [0.25, 0.3) is 0 Å². The van der Waals surface area contributed by atoms with E-state index in [1.165, 1.54) is 16.8 Å². The topological polar surface area (TPSA) is 40.5 Å². The molecule has 1 N–H and O–H groups in total. The van der Waals surface area contributed by atoms with Gasteiger partial charge in [-0.2, -0.15) is 0 Å². The van der Waals surface area contributed by atoms with Crippen molar-refractivity contribution >= 4 is 11.7 Å². The van der Waals surface area contributed by atoms with Gasteiger partial charge in [-0.05, 0) is 56.2 Å². The molecule has 1 aliphatic heterocycles. The van der Waals surface area contributed by atoms with Crippen LogP contribution in [-0.2, 0) is 4.79 Å². The van der Waals surface area contributed by atoms with Crippen LogP contribution in [0.15, 0.2) is 18.2 Å². The van der Waals surface area contributed by atoms with Crippen molar-refractivity contribution in [1.82, 2.24) is 0 Å². The normalized spacial score (nSPS) is 16.6. The molecule has 0 amide bonds. The van der Waals surface area contributed by atoms with Gasteiger partial charge >= 0.3 is 5.97 Å². The van der Waals surface area contributed by atoms with Crippen molar-refractivity contribution in [1.29, 1.82) is 0 Å². The van der Waals surface area contributed by atoms with E-state index in [0.29, 0.717) is 12.3 Å². The van der Waals surface area contributed by atoms with E-state index in [9.17, 15) is 4.79 Å². The minimum atomic E-state index is -0.669. The monoisotopic (exact) mass is 261 g/mol. The number of hydrogen-bond acceptors (Lipinski definition) is 2. The molecular formula is C16H23NO2. The molecule has 1 aromatic carbocycles. The first kappa shape index (κ1) is 13.9. The van der Waals surface area contributed by atoms with Crippen LogP contribution in [0.3, 0.4) is 0 Å². The summed E-state index contributed by atoms with van der Waals surface area (Å²) < 4.78 is 0. The number of carbonyl (C=O) groups is 1. The third kappa shape index (κ3) is 3.72. The summed E-state index contributed by atoms with van der Waals surface area (Å²) in [6.45, 7) is 6.39. The van der Waals surface area contributed by atoms with Crippen molar-refractivity contribution in [3.8, 4) is 0 Å². The van der Waals surface area contributed by atoms with Gasteiger partial charge in [0.05, 0.1) is 0 Å². The Morgan fingerprint density at radius 2 is 2.00 bits per heavy atom. The maximum Gasteiger partial charge on any atom is 0.303 e. The van der Waals surface area contributed by atoms with Gasteiger partial charge in [0, 0.05) is 25.2 Å². The van der Waals surface area contributed by atoms with E-state index in [1.54, 1.807) is 0 Å². The molecule has 1 aliphatic rings. The Morgan fingerprint density at radius 3 is 2.63 bits per heavy atom. The van der Waals surface area contributed by atoms with Crippen molar-refractivity contribution < 1.29 is 9.90 Å². The highest BCUT2D eigenvalue weighted by molar-refractivity contribution is 5.66. The Morgan fingerprint density at radius 1 is 1.32 bits per heavy atom. The van der Waals surface area contributed by atoms with Crippen molar-refractivity contribution in [3.05, 3.63) is 29.3 Å². The van der Waals surface area contributed by atoms with E-state index in [2.05, 4.69) is 36.9 Å². The zero-order valence-corrected chi connectivity index (χ0v) is 11.9. The SMILES string of the molecule is Cc1ccc(C)c(N2CCC(CCC(=O)O)CC2)c1. The van der Waals surface area contributed by atoms with Crippen LogP contribution in [0.2, 0.25) is 0 Å². The van der Waals surface area contributed by atoms with Gasteiger partial charge in [0.15, 0.2) is 0 Å². The van der Waals surface area contributed by atoms with Gasteiger partial charge < -0.3 is 10.0 Å². The largest absolute Gasteiger partial charge is 0.481 e. The fourth-order valence-electron chi connectivity index (χ4n) is 2.85. The Balaban J connectivity index is 1.92. The number of aliphatic carboxylic acids is 1. The first-order valence-electron chi connectivity index (χ1n) is 7.10. The molecule has 0 radical (unpaired) electrons. The number of anilines is 1. The summed E-state index contributed by atoms with van der Waals surface area (Å²) in [6, 6.07) is 6.59. The summed E-state index contributed by atoms with van der Waals surface area (Å²) in [5.74, 6) is -0.0885. The number of carboxylic acid groups (broad SMARTS) is 1. The molecule has 1 aromatic rings. The number of nitrogens with zero attached hydrogens (tertiary/aromatic N) is 1. The third-order valence-corrected chi connectivity index (χ3v) is 4.09. The number of piperidine rings is 1. The van der Waals surface area contributed by atoms with Crippen LogP contribution in [0, 0.1) is 19.8 Å². The van der Waals surface area contributed by atoms with E-state index in [1.807, 2.05) is 0 Å². The molecule has 1 heterocycles. The smallest absolute Gasteiger partial charge is 0.303 e. The number of hydrogen-bond donors (Lipinski definition) is 1. The molecule has 0 unspecified atom stereocenters. The lowest BCUT2D eigenvalue weighted by atomic mass is 9.91. The molecule has 0 spiro atoms. The second kappa shape index (κ2) is 6.09. The van der Waals surface area contributed by atoms with E-state index < -0.39 is 5.97 Å². The van der Waals surface area contributed by atoms with Gasteiger partial charge in [-0.25, -0.2) is 0 Å². The summed E-state index contributed by atoms with van der Waals surface area (Å²) >= 11 is 0. The molecule has 104 valence electrons. The van der Waals surface area contributed by atoms with Crippen LogP contribution in [-0.4, -0.2) is 24.2 Å². The van der Waals surface area contributed by atoms with E-state index in [-0.39, 0.29) is 0 Å². The fourth-order valence-corrected chi connectivity index (χ4v) is 2.85. The molecule has 0 saturated carbocycles. The van der Waals surface area contributed by atoms with Crippen LogP contribution in [0.25, 0.3) is 0 Å². The van der Waals surface area contributed by atoms with Gasteiger partial charge in [-0.3, -0.25) is 4.79 Å². The second-order valence-corrected chi connectivity index (χ2v) is 5.65. The van der Waals surface area contributed by atoms with Crippen LogP contribution in [0.4, 0.5) is 5.69 Å². The van der Waals surface area contributed by atoms with Crippen LogP contribution >= 0.6 is 0 Å². The lowest BCUT2D eigenvalue weighted by molar-refractivity contribution is -0.137. The molecule has 2 rings (SSSR count). The van der Waals surface area contributed by atoms with Crippen LogP contribution in [0.1, 0.15) is 36.8 Å². The zero-order chi connectivity index (χ0) is 13.8. The molecule has 0 atom stereocenters. The minimum Gasteiger partial charge on any atom is -0.481 e. The number of rotatable bonds is 4. The van der Waals surface area contributed by atoms with Crippen molar-refractivity contribution in [2.75, 3.05) is 18.0 Å². The molecule has 1 saturated heterocycles. The highest BCUT2D eigenvalue weighted by atomic mass is 16.4. The maximum absolute atomic E-state index is 10.6. The highest BCUT2D eigenvalue weighted by Crippen LogP contribution is 2.28. The minimum absolute atomic E-state index is 0.314. The van der Waals surface area contributed by atoms with E-state index >= 15 is 0 Å². The first-order chi connectivity index (χ1) is 9.06. The summed E-state index contributed by atoms with van der Waals surface area (Å²) in [5, 5.41) is 8.73. The molecule has 0 aromatic heterocycles. The zero-order valence-electron chi connectivity index (χ0n) is 11.9. The van der Waals surface area contributed by atoms with Gasteiger partial charge in [0.2, 0.25) is 0 Å². The van der Waals surface area contributed by atoms with Crippen LogP contribution < -0.4 is 4.90 Å². The summed E-state index contributed by atoms with van der Waals surface area (Å²) in [6.07, 6.45) is 3.37. The maximum atomic E-state index is 10.6. The lowest BCUT2D eigenvalue weighted by Gasteiger charge is -2.34. The number of aryl methyl sites for hydroxylation is 2. The van der Waals surface area contributed by atoms with E-state index in [4.69, 9.17) is 5.11 Å². The fraction of sp³-hybridized carbons (Fsp3) is 0.562. The molecule has 19 heavy (non-hydrogen) atoms. The third-order valence-electron chi connectivity index (χ3n) is 4.09. The Kier molecular flexibility index (Phi) is 4.46. The van der Waals surface area contributed by atoms with Gasteiger partial charge in [0.1, 0.15) is 0 Å². The van der Waals surface area contributed by atoms with Gasteiger partial charge in [-0.15, -0.1) is 0 Å². The predicted molar refractivity (Wildman–Crippen MR) is 77.7 cm³/mol. The molecular weight excluding hydrogens is 238 g/mol. The lowest BCUT2D eigenvalue weighted by Crippen LogP contribution is -2.34. The molecule has 1 fully saturated rings. The van der Waals surface area contributed by atoms with E-state index in [0.717, 1.165) is 32.4 Å². The van der Waals surface area contributed by atoms with Crippen LogP contribution in [0.5, 0.6) is 0 Å². The first-order valence-corrected chi connectivity index (χ1v) is 7.10. The second-order valence-electron chi connectivity index (χ2n) is 5.65.